The van der Waals surface area contributed by atoms with Gasteiger partial charge in [0.15, 0.2) is 0 Å². The van der Waals surface area contributed by atoms with Crippen molar-refractivity contribution in [1.29, 1.82) is 0 Å². The van der Waals surface area contributed by atoms with Crippen LogP contribution in [0.3, 0.4) is 0 Å². The predicted molar refractivity (Wildman–Crippen MR) is 190 cm³/mol. The third-order valence-corrected chi connectivity index (χ3v) is 6.63. The molecule has 0 atom stereocenters. The maximum absolute atomic E-state index is 12.5. The minimum atomic E-state index is -0.186. The van der Waals surface area contributed by atoms with Crippen molar-refractivity contribution in [1.82, 2.24) is 25.6 Å². The highest BCUT2D eigenvalue weighted by Gasteiger charge is 2.09. The van der Waals surface area contributed by atoms with Gasteiger partial charge in [-0.15, -0.1) is 0 Å². The normalized spacial score (nSPS) is 10.8. The maximum Gasteiger partial charge on any atom is 0.251 e. The third kappa shape index (κ3) is 16.0. The second-order valence-corrected chi connectivity index (χ2v) is 10.5. The van der Waals surface area contributed by atoms with Gasteiger partial charge < -0.3 is 51.3 Å². The van der Waals surface area contributed by atoms with Gasteiger partial charge in [-0.2, -0.15) is 15.0 Å². The Hall–Kier alpha value is -4.34. The van der Waals surface area contributed by atoms with Crippen LogP contribution in [0.15, 0.2) is 61.2 Å². The van der Waals surface area contributed by atoms with Gasteiger partial charge in [-0.3, -0.25) is 4.79 Å². The molecule has 0 spiro atoms. The first kappa shape index (κ1) is 38.1. The molecule has 1 amide bonds. The Morgan fingerprint density at radius 2 is 1.23 bits per heavy atom. The lowest BCUT2D eigenvalue weighted by molar-refractivity contribution is 0.0511. The van der Waals surface area contributed by atoms with Crippen LogP contribution in [-0.4, -0.2) is 106 Å². The molecule has 7 N–H and O–H groups in total. The van der Waals surface area contributed by atoms with E-state index < -0.39 is 0 Å². The van der Waals surface area contributed by atoms with Crippen molar-refractivity contribution < 1.29 is 23.7 Å². The highest BCUT2D eigenvalue weighted by atomic mass is 16.5. The average molecular weight is 666 g/mol. The second-order valence-electron chi connectivity index (χ2n) is 10.5. The summed E-state index contributed by atoms with van der Waals surface area (Å²) in [4.78, 5) is 26.0. The van der Waals surface area contributed by atoms with E-state index in [-0.39, 0.29) is 5.91 Å². The molecule has 0 bridgehead atoms. The fraction of sp³-hybridized carbons (Fsp3) is 0.471. The van der Waals surface area contributed by atoms with Crippen LogP contribution >= 0.6 is 0 Å². The van der Waals surface area contributed by atoms with Gasteiger partial charge in [0.2, 0.25) is 17.8 Å². The molecular formula is C34H51N9O5. The summed E-state index contributed by atoms with van der Waals surface area (Å²) in [6.45, 7) is 12.8. The van der Waals surface area contributed by atoms with Gasteiger partial charge >= 0.3 is 0 Å². The van der Waals surface area contributed by atoms with Crippen LogP contribution in [0.4, 0.5) is 23.5 Å². The Balaban J connectivity index is 1.37. The molecule has 0 aliphatic rings. The molecule has 0 aliphatic heterocycles. The molecule has 0 saturated carbocycles. The van der Waals surface area contributed by atoms with Crippen molar-refractivity contribution in [2.45, 2.75) is 19.8 Å². The number of nitrogens with one attached hydrogen (secondary N) is 5. The van der Waals surface area contributed by atoms with Gasteiger partial charge in [-0.1, -0.05) is 50.3 Å². The number of unbranched alkanes of at least 4 members (excludes halogenated alkanes) is 1. The standard InChI is InChI=1S/C34H51N9O5/c1-3-4-15-38-32-41-33(39-18-22-48-26-25-46-20-16-36-27(2)28-8-6-5-7-9-28)43-34(42-32)40-30-12-10-29(11-13-30)31(44)37-17-21-47-24-23-45-19-14-35/h5-13,36H,2-4,14-26,35H2,1H3,(H,37,44)(H3,38,39,40,41,42,43). The molecule has 0 saturated heterocycles. The number of carbonyl (C=O) groups excluding carboxylic acids is 1. The average Bonchev–Trinajstić information content (AvgIpc) is 3.11. The van der Waals surface area contributed by atoms with E-state index in [0.29, 0.717) is 102 Å². The Labute approximate surface area is 283 Å². The first-order valence-electron chi connectivity index (χ1n) is 16.5. The van der Waals surface area contributed by atoms with Crippen molar-refractivity contribution in [3.63, 3.8) is 0 Å². The summed E-state index contributed by atoms with van der Waals surface area (Å²) >= 11 is 0. The van der Waals surface area contributed by atoms with Crippen molar-refractivity contribution in [3.05, 3.63) is 72.3 Å². The molecule has 1 aromatic heterocycles. The number of rotatable bonds is 27. The number of ether oxygens (including phenoxy) is 4. The molecule has 3 aromatic rings. The van der Waals surface area contributed by atoms with Crippen molar-refractivity contribution >= 4 is 35.1 Å². The number of nitrogens with zero attached hydrogens (tertiary/aromatic N) is 3. The van der Waals surface area contributed by atoms with Crippen LogP contribution in [0.2, 0.25) is 0 Å². The number of hydrogen-bond donors (Lipinski definition) is 6. The van der Waals surface area contributed by atoms with Crippen molar-refractivity contribution in [2.24, 2.45) is 5.73 Å². The van der Waals surface area contributed by atoms with E-state index in [9.17, 15) is 4.79 Å². The molecule has 0 unspecified atom stereocenters. The van der Waals surface area contributed by atoms with Crippen LogP contribution in [0.25, 0.3) is 5.70 Å². The summed E-state index contributed by atoms with van der Waals surface area (Å²) in [6, 6.07) is 17.1. The zero-order valence-corrected chi connectivity index (χ0v) is 28.0. The van der Waals surface area contributed by atoms with E-state index in [1.54, 1.807) is 24.3 Å². The largest absolute Gasteiger partial charge is 0.383 e. The van der Waals surface area contributed by atoms with E-state index in [1.807, 2.05) is 30.3 Å². The fourth-order valence-corrected chi connectivity index (χ4v) is 4.12. The van der Waals surface area contributed by atoms with E-state index >= 15 is 0 Å². The summed E-state index contributed by atoms with van der Waals surface area (Å²) in [5, 5.41) is 15.8. The van der Waals surface area contributed by atoms with E-state index in [1.165, 1.54) is 0 Å². The Kier molecular flexibility index (Phi) is 19.0. The van der Waals surface area contributed by atoms with Crippen LogP contribution in [0.1, 0.15) is 35.7 Å². The maximum atomic E-state index is 12.5. The predicted octanol–water partition coefficient (Wildman–Crippen LogP) is 3.25. The SMILES string of the molecule is C=C(NCCOCCOCCNc1nc(NCCCC)nc(Nc2ccc(C(=O)NCCOCCOCCN)cc2)n1)c1ccccc1. The number of aromatic nitrogens is 3. The molecule has 262 valence electrons. The van der Waals surface area contributed by atoms with Gasteiger partial charge in [-0.25, -0.2) is 0 Å². The Morgan fingerprint density at radius 1 is 0.667 bits per heavy atom. The van der Waals surface area contributed by atoms with Gasteiger partial charge in [0.05, 0.1) is 52.9 Å². The highest BCUT2D eigenvalue weighted by Crippen LogP contribution is 2.17. The first-order valence-corrected chi connectivity index (χ1v) is 16.5. The molecule has 48 heavy (non-hydrogen) atoms. The van der Waals surface area contributed by atoms with Crippen LogP contribution in [0.5, 0.6) is 0 Å². The molecule has 0 fully saturated rings. The number of anilines is 4. The lowest BCUT2D eigenvalue weighted by Crippen LogP contribution is -2.27. The van der Waals surface area contributed by atoms with Gasteiger partial charge in [0.25, 0.3) is 5.91 Å². The van der Waals surface area contributed by atoms with Gasteiger partial charge in [0, 0.05) is 49.7 Å². The van der Waals surface area contributed by atoms with Crippen molar-refractivity contribution in [3.8, 4) is 0 Å². The lowest BCUT2D eigenvalue weighted by atomic mass is 10.2. The third-order valence-electron chi connectivity index (χ3n) is 6.63. The lowest BCUT2D eigenvalue weighted by Gasteiger charge is -2.12. The van der Waals surface area contributed by atoms with E-state index in [4.69, 9.17) is 24.7 Å². The number of benzene rings is 2. The zero-order chi connectivity index (χ0) is 34.1. The highest BCUT2D eigenvalue weighted by molar-refractivity contribution is 5.94. The minimum Gasteiger partial charge on any atom is -0.383 e. The zero-order valence-electron chi connectivity index (χ0n) is 28.0. The molecule has 3 rings (SSSR count). The van der Waals surface area contributed by atoms with Crippen molar-refractivity contribution in [2.75, 3.05) is 102 Å². The molecule has 14 nitrogen and oxygen atoms in total. The summed E-state index contributed by atoms with van der Waals surface area (Å²) in [7, 11) is 0. The Morgan fingerprint density at radius 3 is 1.85 bits per heavy atom. The first-order chi connectivity index (χ1) is 23.6. The Bertz CT molecular complexity index is 1320. The van der Waals surface area contributed by atoms with Gasteiger partial charge in [-0.05, 0) is 36.2 Å². The van der Waals surface area contributed by atoms with E-state index in [0.717, 1.165) is 36.3 Å². The fourth-order valence-electron chi connectivity index (χ4n) is 4.12. The number of hydrogen-bond acceptors (Lipinski definition) is 13. The number of carbonyl (C=O) groups is 1. The monoisotopic (exact) mass is 665 g/mol. The second kappa shape index (κ2) is 23.9. The number of amides is 1. The number of nitrogens with two attached hydrogens (primary N) is 1. The molecule has 0 aliphatic carbocycles. The van der Waals surface area contributed by atoms with Crippen LogP contribution in [0, 0.1) is 0 Å². The summed E-state index contributed by atoms with van der Waals surface area (Å²) in [5.41, 5.74) is 8.57. The molecule has 1 heterocycles. The summed E-state index contributed by atoms with van der Waals surface area (Å²) in [6.07, 6.45) is 2.04. The molecular weight excluding hydrogens is 614 g/mol. The van der Waals surface area contributed by atoms with Crippen LogP contribution < -0.4 is 32.3 Å². The van der Waals surface area contributed by atoms with Gasteiger partial charge in [0.1, 0.15) is 0 Å². The quantitative estimate of drug-likeness (QED) is 0.0655. The topological polar surface area (TPSA) is 179 Å². The molecule has 0 radical (unpaired) electrons. The molecule has 2 aromatic carbocycles. The summed E-state index contributed by atoms with van der Waals surface area (Å²) in [5.74, 6) is 1.06. The molecule has 14 heteroatoms. The smallest absolute Gasteiger partial charge is 0.251 e. The minimum absolute atomic E-state index is 0.186. The van der Waals surface area contributed by atoms with Crippen LogP contribution in [-0.2, 0) is 18.9 Å². The van der Waals surface area contributed by atoms with E-state index in [2.05, 4.69) is 55.0 Å². The summed E-state index contributed by atoms with van der Waals surface area (Å²) < 4.78 is 22.0.